The van der Waals surface area contributed by atoms with Crippen LogP contribution in [-0.2, 0) is 17.8 Å². The molecule has 1 fully saturated rings. The first-order valence-corrected chi connectivity index (χ1v) is 7.12. The van der Waals surface area contributed by atoms with E-state index in [1.807, 2.05) is 7.05 Å². The van der Waals surface area contributed by atoms with E-state index in [1.165, 1.54) is 11.1 Å². The minimum Gasteiger partial charge on any atom is -0.370 e. The van der Waals surface area contributed by atoms with E-state index in [0.717, 1.165) is 26.2 Å². The van der Waals surface area contributed by atoms with Crippen LogP contribution in [0.2, 0.25) is 0 Å². The zero-order valence-corrected chi connectivity index (χ0v) is 12.6. The van der Waals surface area contributed by atoms with Gasteiger partial charge in [-0.1, -0.05) is 24.3 Å². The molecule has 1 N–H and O–H groups in total. The Balaban J connectivity index is 2.08. The fraction of sp³-hybridized carbons (Fsp3) is 0.625. The molecule has 1 atom stereocenters. The molecule has 19 heavy (non-hydrogen) atoms. The predicted molar refractivity (Wildman–Crippen MR) is 79.1 cm³/mol. The number of nitrogens with one attached hydrogen (secondary N) is 1. The van der Waals surface area contributed by atoms with Gasteiger partial charge in [-0.15, -0.1) is 0 Å². The van der Waals surface area contributed by atoms with E-state index >= 15 is 0 Å². The van der Waals surface area contributed by atoms with Gasteiger partial charge in [0.2, 0.25) is 0 Å². The number of ether oxygens (including phenoxy) is 1. The molecular formula is C16H26N2O. The van der Waals surface area contributed by atoms with Crippen LogP contribution in [0.5, 0.6) is 0 Å². The van der Waals surface area contributed by atoms with Gasteiger partial charge in [0, 0.05) is 26.2 Å². The second kappa shape index (κ2) is 6.04. The molecule has 106 valence electrons. The van der Waals surface area contributed by atoms with Crippen molar-refractivity contribution in [2.24, 2.45) is 0 Å². The van der Waals surface area contributed by atoms with E-state index in [1.54, 1.807) is 0 Å². The molecule has 3 nitrogen and oxygen atoms in total. The molecule has 0 saturated carbocycles. The molecule has 3 heteroatoms. The summed E-state index contributed by atoms with van der Waals surface area (Å²) in [4.78, 5) is 2.50. The highest BCUT2D eigenvalue weighted by Crippen LogP contribution is 2.23. The zero-order chi connectivity index (χ0) is 13.9. The molecule has 1 aromatic carbocycles. The number of benzene rings is 1. The maximum Gasteiger partial charge on any atom is 0.0757 e. The van der Waals surface area contributed by atoms with Crippen LogP contribution in [0.3, 0.4) is 0 Å². The molecule has 1 heterocycles. The van der Waals surface area contributed by atoms with Crippen molar-refractivity contribution in [2.75, 3.05) is 20.1 Å². The molecular weight excluding hydrogens is 236 g/mol. The first-order valence-electron chi connectivity index (χ1n) is 7.12. The third kappa shape index (κ3) is 4.03. The second-order valence-electron chi connectivity index (χ2n) is 6.16. The lowest BCUT2D eigenvalue weighted by molar-refractivity contribution is -0.130. The van der Waals surface area contributed by atoms with Gasteiger partial charge in [-0.05, 0) is 38.9 Å². The molecule has 1 unspecified atom stereocenters. The highest BCUT2D eigenvalue weighted by Gasteiger charge is 2.31. The Morgan fingerprint density at radius 3 is 2.63 bits per heavy atom. The molecule has 0 aromatic heterocycles. The average molecular weight is 262 g/mol. The van der Waals surface area contributed by atoms with Crippen molar-refractivity contribution in [3.8, 4) is 0 Å². The van der Waals surface area contributed by atoms with Gasteiger partial charge in [-0.3, -0.25) is 4.90 Å². The van der Waals surface area contributed by atoms with E-state index in [2.05, 4.69) is 55.3 Å². The number of hydrogen-bond donors (Lipinski definition) is 1. The summed E-state index contributed by atoms with van der Waals surface area (Å²) in [7, 11) is 2.00. The van der Waals surface area contributed by atoms with Gasteiger partial charge in [0.05, 0.1) is 11.7 Å². The van der Waals surface area contributed by atoms with Crippen molar-refractivity contribution in [3.05, 3.63) is 35.4 Å². The van der Waals surface area contributed by atoms with Crippen LogP contribution in [-0.4, -0.2) is 36.7 Å². The Morgan fingerprint density at radius 1 is 1.32 bits per heavy atom. The van der Waals surface area contributed by atoms with E-state index < -0.39 is 0 Å². The molecule has 1 saturated heterocycles. The molecule has 1 aliphatic heterocycles. The number of rotatable bonds is 4. The van der Waals surface area contributed by atoms with Gasteiger partial charge in [0.25, 0.3) is 0 Å². The lowest BCUT2D eigenvalue weighted by Crippen LogP contribution is -2.51. The van der Waals surface area contributed by atoms with Gasteiger partial charge in [-0.25, -0.2) is 0 Å². The fourth-order valence-electron chi connectivity index (χ4n) is 3.02. The maximum absolute atomic E-state index is 5.97. The second-order valence-corrected chi connectivity index (χ2v) is 6.16. The van der Waals surface area contributed by atoms with Crippen LogP contribution in [0.15, 0.2) is 24.3 Å². The van der Waals surface area contributed by atoms with Gasteiger partial charge in [0.15, 0.2) is 0 Å². The minimum atomic E-state index is -0.0460. The quantitative estimate of drug-likeness (QED) is 0.902. The van der Waals surface area contributed by atoms with Gasteiger partial charge in [0.1, 0.15) is 0 Å². The van der Waals surface area contributed by atoms with Crippen LogP contribution < -0.4 is 5.32 Å². The molecule has 0 spiro atoms. The Morgan fingerprint density at radius 2 is 2.00 bits per heavy atom. The largest absolute Gasteiger partial charge is 0.370 e. The lowest BCUT2D eigenvalue weighted by atomic mass is 10.0. The summed E-state index contributed by atoms with van der Waals surface area (Å²) in [5, 5.41) is 3.24. The Labute approximate surface area is 116 Å². The molecule has 1 aliphatic rings. The van der Waals surface area contributed by atoms with Crippen LogP contribution >= 0.6 is 0 Å². The summed E-state index contributed by atoms with van der Waals surface area (Å²) in [6.45, 7) is 10.5. The van der Waals surface area contributed by atoms with Crippen molar-refractivity contribution in [3.63, 3.8) is 0 Å². The summed E-state index contributed by atoms with van der Waals surface area (Å²) in [5.74, 6) is 0. The fourth-order valence-corrected chi connectivity index (χ4v) is 3.02. The summed E-state index contributed by atoms with van der Waals surface area (Å²) >= 11 is 0. The highest BCUT2D eigenvalue weighted by molar-refractivity contribution is 5.27. The van der Waals surface area contributed by atoms with Crippen LogP contribution in [0.25, 0.3) is 0 Å². The van der Waals surface area contributed by atoms with Crippen molar-refractivity contribution < 1.29 is 4.74 Å². The summed E-state index contributed by atoms with van der Waals surface area (Å²) < 4.78 is 5.97. The normalized spacial score (nSPS) is 23.5. The average Bonchev–Trinajstić information content (AvgIpc) is 2.29. The molecule has 1 aromatic rings. The Hall–Kier alpha value is -0.900. The Kier molecular flexibility index (Phi) is 4.61. The first kappa shape index (κ1) is 14.5. The topological polar surface area (TPSA) is 24.5 Å². The predicted octanol–water partition coefficient (Wildman–Crippen LogP) is 2.41. The van der Waals surface area contributed by atoms with Crippen LogP contribution in [0.4, 0.5) is 0 Å². The molecule has 2 rings (SSSR count). The smallest absolute Gasteiger partial charge is 0.0757 e. The van der Waals surface area contributed by atoms with Crippen molar-refractivity contribution in [1.82, 2.24) is 10.2 Å². The molecule has 0 bridgehead atoms. The first-order chi connectivity index (χ1) is 9.00. The Bertz CT molecular complexity index is 417. The molecule has 0 aliphatic carbocycles. The van der Waals surface area contributed by atoms with Gasteiger partial charge < -0.3 is 10.1 Å². The van der Waals surface area contributed by atoms with E-state index in [0.29, 0.717) is 6.10 Å². The summed E-state index contributed by atoms with van der Waals surface area (Å²) in [5.41, 5.74) is 2.76. The SMILES string of the molecule is CNCc1ccccc1CN1CC(C)OC(C)(C)C1. The monoisotopic (exact) mass is 262 g/mol. The number of hydrogen-bond acceptors (Lipinski definition) is 3. The molecule has 0 radical (unpaired) electrons. The maximum atomic E-state index is 5.97. The standard InChI is InChI=1S/C16H26N2O/c1-13-10-18(12-16(2,3)19-13)11-15-8-6-5-7-14(15)9-17-4/h5-8,13,17H,9-12H2,1-4H3. The van der Waals surface area contributed by atoms with Gasteiger partial charge in [-0.2, -0.15) is 0 Å². The van der Waals surface area contributed by atoms with Crippen molar-refractivity contribution in [1.29, 1.82) is 0 Å². The highest BCUT2D eigenvalue weighted by atomic mass is 16.5. The number of nitrogens with zero attached hydrogens (tertiary/aromatic N) is 1. The summed E-state index contributed by atoms with van der Waals surface area (Å²) in [6.07, 6.45) is 0.306. The minimum absolute atomic E-state index is 0.0460. The van der Waals surface area contributed by atoms with Crippen LogP contribution in [0.1, 0.15) is 31.9 Å². The van der Waals surface area contributed by atoms with Crippen LogP contribution in [0, 0.1) is 0 Å². The van der Waals surface area contributed by atoms with Crippen molar-refractivity contribution >= 4 is 0 Å². The molecule has 0 amide bonds. The van der Waals surface area contributed by atoms with Crippen molar-refractivity contribution in [2.45, 2.75) is 45.6 Å². The van der Waals surface area contributed by atoms with Gasteiger partial charge >= 0.3 is 0 Å². The lowest BCUT2D eigenvalue weighted by Gasteiger charge is -2.42. The van der Waals surface area contributed by atoms with E-state index in [-0.39, 0.29) is 5.60 Å². The van der Waals surface area contributed by atoms with E-state index in [9.17, 15) is 0 Å². The third-order valence-corrected chi connectivity index (χ3v) is 3.52. The summed E-state index contributed by atoms with van der Waals surface area (Å²) in [6, 6.07) is 8.69. The zero-order valence-electron chi connectivity index (χ0n) is 12.6. The van der Waals surface area contributed by atoms with E-state index in [4.69, 9.17) is 4.74 Å². The third-order valence-electron chi connectivity index (χ3n) is 3.52. The number of morpholine rings is 1.